The molecule has 2 aromatic rings. The van der Waals surface area contributed by atoms with E-state index in [4.69, 9.17) is 0 Å². The third-order valence-corrected chi connectivity index (χ3v) is 6.17. The molecule has 0 aliphatic rings. The molecule has 0 radical (unpaired) electrons. The van der Waals surface area contributed by atoms with Crippen LogP contribution in [0.25, 0.3) is 0 Å². The van der Waals surface area contributed by atoms with Gasteiger partial charge in [-0.3, -0.25) is 9.78 Å². The highest BCUT2D eigenvalue weighted by molar-refractivity contribution is 7.89. The number of sulfonamides is 1. The van der Waals surface area contributed by atoms with Crippen LogP contribution in [0.15, 0.2) is 53.7 Å². The van der Waals surface area contributed by atoms with Crippen LogP contribution in [0.4, 0.5) is 0 Å². The van der Waals surface area contributed by atoms with Crippen molar-refractivity contribution in [2.75, 3.05) is 19.6 Å². The van der Waals surface area contributed by atoms with E-state index in [1.54, 1.807) is 32.2 Å². The van der Waals surface area contributed by atoms with Gasteiger partial charge in [0.1, 0.15) is 0 Å². The van der Waals surface area contributed by atoms with E-state index in [1.807, 2.05) is 18.3 Å². The van der Waals surface area contributed by atoms with Crippen molar-refractivity contribution in [2.24, 2.45) is 0 Å². The first-order valence-corrected chi connectivity index (χ1v) is 10.2. The van der Waals surface area contributed by atoms with Crippen molar-refractivity contribution >= 4 is 15.9 Å². The lowest BCUT2D eigenvalue weighted by molar-refractivity contribution is 0.0953. The third-order valence-electron chi connectivity index (χ3n) is 4.11. The van der Waals surface area contributed by atoms with Gasteiger partial charge in [-0.15, -0.1) is 0 Å². The van der Waals surface area contributed by atoms with Crippen molar-refractivity contribution in [3.8, 4) is 0 Å². The quantitative estimate of drug-likeness (QED) is 0.683. The number of carbonyl (C=O) groups is 1. The number of aryl methyl sites for hydroxylation is 1. The van der Waals surface area contributed by atoms with Crippen molar-refractivity contribution in [2.45, 2.75) is 31.6 Å². The first-order valence-electron chi connectivity index (χ1n) is 8.76. The molecule has 0 saturated carbocycles. The average molecular weight is 375 g/mol. The molecular weight excluding hydrogens is 350 g/mol. The molecule has 1 N–H and O–H groups in total. The van der Waals surface area contributed by atoms with Crippen LogP contribution >= 0.6 is 0 Å². The molecule has 0 aliphatic carbocycles. The molecule has 6 nitrogen and oxygen atoms in total. The molecule has 1 heterocycles. The summed E-state index contributed by atoms with van der Waals surface area (Å²) in [5.41, 5.74) is 1.58. The first kappa shape index (κ1) is 20.1. The number of benzene rings is 1. The summed E-state index contributed by atoms with van der Waals surface area (Å²) >= 11 is 0. The van der Waals surface area contributed by atoms with E-state index in [0.717, 1.165) is 18.4 Å². The van der Waals surface area contributed by atoms with Gasteiger partial charge in [-0.1, -0.05) is 19.9 Å². The van der Waals surface area contributed by atoms with Gasteiger partial charge in [-0.05, 0) is 48.7 Å². The Morgan fingerprint density at radius 1 is 1.12 bits per heavy atom. The molecule has 0 saturated heterocycles. The van der Waals surface area contributed by atoms with Crippen molar-refractivity contribution in [3.05, 3.63) is 59.9 Å². The van der Waals surface area contributed by atoms with Gasteiger partial charge in [0.05, 0.1) is 4.90 Å². The predicted molar refractivity (Wildman–Crippen MR) is 101 cm³/mol. The molecule has 0 spiro atoms. The standard InChI is InChI=1S/C19H25N3O3S/c1-3-22(4-2)26(24,25)18-11-9-17(10-12-18)19(23)21-14-6-8-16-7-5-13-20-15-16/h5,7,9-13,15H,3-4,6,8,14H2,1-2H3,(H,21,23). The van der Waals surface area contributed by atoms with E-state index < -0.39 is 10.0 Å². The Labute approximate surface area is 155 Å². The SMILES string of the molecule is CCN(CC)S(=O)(=O)c1ccc(C(=O)NCCCc2cccnc2)cc1. The van der Waals surface area contributed by atoms with Gasteiger partial charge in [0.15, 0.2) is 0 Å². The summed E-state index contributed by atoms with van der Waals surface area (Å²) in [7, 11) is -3.50. The number of hydrogen-bond acceptors (Lipinski definition) is 4. The van der Waals surface area contributed by atoms with Crippen LogP contribution in [-0.4, -0.2) is 43.2 Å². The zero-order valence-electron chi connectivity index (χ0n) is 15.2. The van der Waals surface area contributed by atoms with Gasteiger partial charge < -0.3 is 5.32 Å². The number of carbonyl (C=O) groups excluding carboxylic acids is 1. The molecule has 0 unspecified atom stereocenters. The van der Waals surface area contributed by atoms with E-state index in [-0.39, 0.29) is 10.8 Å². The summed E-state index contributed by atoms with van der Waals surface area (Å²) in [6.45, 7) is 4.98. The molecule has 140 valence electrons. The fourth-order valence-electron chi connectivity index (χ4n) is 2.63. The Morgan fingerprint density at radius 3 is 2.38 bits per heavy atom. The van der Waals surface area contributed by atoms with Crippen molar-refractivity contribution < 1.29 is 13.2 Å². The maximum atomic E-state index is 12.4. The van der Waals surface area contributed by atoms with Crippen LogP contribution in [0, 0.1) is 0 Å². The van der Waals surface area contributed by atoms with E-state index in [1.165, 1.54) is 16.4 Å². The molecule has 0 fully saturated rings. The van der Waals surface area contributed by atoms with Gasteiger partial charge in [0.25, 0.3) is 5.91 Å². The van der Waals surface area contributed by atoms with E-state index in [9.17, 15) is 13.2 Å². The summed E-state index contributed by atoms with van der Waals surface area (Å²) in [6, 6.07) is 9.96. The minimum atomic E-state index is -3.50. The van der Waals surface area contributed by atoms with E-state index in [0.29, 0.717) is 25.2 Å². The topological polar surface area (TPSA) is 79.4 Å². The number of pyridine rings is 1. The summed E-state index contributed by atoms with van der Waals surface area (Å²) in [6.07, 6.45) is 5.20. The monoisotopic (exact) mass is 375 g/mol. The van der Waals surface area contributed by atoms with Crippen LogP contribution in [0.1, 0.15) is 36.2 Å². The summed E-state index contributed by atoms with van der Waals surface area (Å²) < 4.78 is 26.3. The molecule has 7 heteroatoms. The van der Waals surface area contributed by atoms with Crippen LogP contribution < -0.4 is 5.32 Å². The number of rotatable bonds is 9. The molecule has 2 rings (SSSR count). The minimum absolute atomic E-state index is 0.203. The van der Waals surface area contributed by atoms with E-state index >= 15 is 0 Å². The fourth-order valence-corrected chi connectivity index (χ4v) is 4.09. The lowest BCUT2D eigenvalue weighted by atomic mass is 10.1. The van der Waals surface area contributed by atoms with Gasteiger partial charge in [-0.25, -0.2) is 8.42 Å². The largest absolute Gasteiger partial charge is 0.352 e. The Morgan fingerprint density at radius 2 is 1.81 bits per heavy atom. The second-order valence-electron chi connectivity index (χ2n) is 5.83. The highest BCUT2D eigenvalue weighted by Crippen LogP contribution is 2.16. The smallest absolute Gasteiger partial charge is 0.251 e. The van der Waals surface area contributed by atoms with Crippen molar-refractivity contribution in [1.29, 1.82) is 0 Å². The summed E-state index contributed by atoms with van der Waals surface area (Å²) in [5.74, 6) is -0.206. The van der Waals surface area contributed by atoms with Crippen molar-refractivity contribution in [3.63, 3.8) is 0 Å². The van der Waals surface area contributed by atoms with Crippen LogP contribution in [0.5, 0.6) is 0 Å². The summed E-state index contributed by atoms with van der Waals surface area (Å²) in [4.78, 5) is 16.4. The Hall–Kier alpha value is -2.25. The molecule has 0 atom stereocenters. The molecular formula is C19H25N3O3S. The zero-order chi connectivity index (χ0) is 19.0. The van der Waals surface area contributed by atoms with Gasteiger partial charge in [0, 0.05) is 37.6 Å². The maximum Gasteiger partial charge on any atom is 0.251 e. The second-order valence-corrected chi connectivity index (χ2v) is 7.77. The number of nitrogens with one attached hydrogen (secondary N) is 1. The van der Waals surface area contributed by atoms with Crippen LogP contribution in [0.2, 0.25) is 0 Å². The average Bonchev–Trinajstić information content (AvgIpc) is 2.67. The molecule has 0 bridgehead atoms. The Balaban J connectivity index is 1.90. The highest BCUT2D eigenvalue weighted by Gasteiger charge is 2.21. The van der Waals surface area contributed by atoms with Crippen LogP contribution in [0.3, 0.4) is 0 Å². The number of hydrogen-bond donors (Lipinski definition) is 1. The van der Waals surface area contributed by atoms with Gasteiger partial charge in [0.2, 0.25) is 10.0 Å². The van der Waals surface area contributed by atoms with Crippen molar-refractivity contribution in [1.82, 2.24) is 14.6 Å². The van der Waals surface area contributed by atoms with Gasteiger partial charge in [-0.2, -0.15) is 4.31 Å². The molecule has 0 aliphatic heterocycles. The second kappa shape index (κ2) is 9.45. The summed E-state index contributed by atoms with van der Waals surface area (Å²) in [5, 5.41) is 2.85. The zero-order valence-corrected chi connectivity index (χ0v) is 16.0. The number of amides is 1. The maximum absolute atomic E-state index is 12.4. The first-order chi connectivity index (χ1) is 12.5. The molecule has 1 aromatic carbocycles. The molecule has 26 heavy (non-hydrogen) atoms. The highest BCUT2D eigenvalue weighted by atomic mass is 32.2. The van der Waals surface area contributed by atoms with E-state index in [2.05, 4.69) is 10.3 Å². The third kappa shape index (κ3) is 5.12. The lowest BCUT2D eigenvalue weighted by Crippen LogP contribution is -2.30. The lowest BCUT2D eigenvalue weighted by Gasteiger charge is -2.18. The predicted octanol–water partition coefficient (Wildman–Crippen LogP) is 2.47. The molecule has 1 amide bonds. The molecule has 1 aromatic heterocycles. The number of aromatic nitrogens is 1. The minimum Gasteiger partial charge on any atom is -0.352 e. The number of nitrogens with zero attached hydrogens (tertiary/aromatic N) is 2. The Kier molecular flexibility index (Phi) is 7.29. The normalized spacial score (nSPS) is 11.5. The Bertz CT molecular complexity index is 802. The van der Waals surface area contributed by atoms with Crippen LogP contribution in [-0.2, 0) is 16.4 Å². The van der Waals surface area contributed by atoms with Gasteiger partial charge >= 0.3 is 0 Å². The fraction of sp³-hybridized carbons (Fsp3) is 0.368.